The van der Waals surface area contributed by atoms with E-state index in [1.54, 1.807) is 0 Å². The van der Waals surface area contributed by atoms with Crippen molar-refractivity contribution in [1.29, 1.82) is 0 Å². The van der Waals surface area contributed by atoms with Crippen LogP contribution < -0.4 is 10.1 Å². The molecule has 0 aromatic heterocycles. The lowest BCUT2D eigenvalue weighted by molar-refractivity contribution is 0.149. The lowest BCUT2D eigenvalue weighted by Crippen LogP contribution is -2.44. The van der Waals surface area contributed by atoms with Crippen molar-refractivity contribution >= 4 is 0 Å². The van der Waals surface area contributed by atoms with Crippen LogP contribution >= 0.6 is 0 Å². The first-order valence-electron chi connectivity index (χ1n) is 7.50. The molecule has 0 aliphatic carbocycles. The number of fused-ring (bicyclic) bond motifs is 1. The summed E-state index contributed by atoms with van der Waals surface area (Å²) in [6.07, 6.45) is 5.12. The summed E-state index contributed by atoms with van der Waals surface area (Å²) in [6, 6.07) is 9.65. The molecule has 2 aliphatic heterocycles. The molecular formula is C16H24N2O. The van der Waals surface area contributed by atoms with E-state index in [0.717, 1.165) is 25.3 Å². The Morgan fingerprint density at radius 3 is 3.00 bits per heavy atom. The highest BCUT2D eigenvalue weighted by Crippen LogP contribution is 2.35. The third-order valence-corrected chi connectivity index (χ3v) is 4.38. The Hall–Kier alpha value is -1.06. The smallest absolute Gasteiger partial charge is 0.124 e. The third kappa shape index (κ3) is 2.93. The van der Waals surface area contributed by atoms with Crippen LogP contribution in [0.15, 0.2) is 24.3 Å². The van der Waals surface area contributed by atoms with Crippen LogP contribution in [0.25, 0.3) is 0 Å². The van der Waals surface area contributed by atoms with Gasteiger partial charge in [0.05, 0.1) is 6.61 Å². The van der Waals surface area contributed by atoms with Crippen LogP contribution in [0.1, 0.15) is 37.3 Å². The summed E-state index contributed by atoms with van der Waals surface area (Å²) >= 11 is 0. The standard InChI is InChI=1S/C16H24N2O/c1-18(12-13-6-4-5-10-17-13)15-9-11-19-16-8-3-2-7-14(15)16/h2-3,7-8,13,15,17H,4-6,9-12H2,1H3. The van der Waals surface area contributed by atoms with Crippen LogP contribution in [0.5, 0.6) is 5.75 Å². The first-order valence-corrected chi connectivity index (χ1v) is 7.50. The van der Waals surface area contributed by atoms with Gasteiger partial charge in [-0.05, 0) is 32.5 Å². The Morgan fingerprint density at radius 1 is 1.26 bits per heavy atom. The highest BCUT2D eigenvalue weighted by Gasteiger charge is 2.26. The van der Waals surface area contributed by atoms with E-state index in [1.165, 1.54) is 31.4 Å². The molecule has 3 rings (SSSR count). The monoisotopic (exact) mass is 260 g/mol. The van der Waals surface area contributed by atoms with E-state index in [2.05, 4.69) is 41.5 Å². The molecule has 3 heteroatoms. The normalized spacial score (nSPS) is 26.8. The zero-order chi connectivity index (χ0) is 13.1. The number of hydrogen-bond donors (Lipinski definition) is 1. The molecule has 1 aromatic carbocycles. The van der Waals surface area contributed by atoms with E-state index in [0.29, 0.717) is 12.1 Å². The Bertz CT molecular complexity index is 415. The highest BCUT2D eigenvalue weighted by atomic mass is 16.5. The molecule has 0 saturated carbocycles. The Balaban J connectivity index is 1.68. The molecule has 0 bridgehead atoms. The van der Waals surface area contributed by atoms with Gasteiger partial charge < -0.3 is 10.1 Å². The number of piperidine rings is 1. The molecule has 1 saturated heterocycles. The average molecular weight is 260 g/mol. The molecule has 2 unspecified atom stereocenters. The van der Waals surface area contributed by atoms with E-state index in [-0.39, 0.29) is 0 Å². The molecule has 2 aliphatic rings. The Labute approximate surface area is 115 Å². The maximum Gasteiger partial charge on any atom is 0.124 e. The van der Waals surface area contributed by atoms with Crippen molar-refractivity contribution in [2.45, 2.75) is 37.8 Å². The SMILES string of the molecule is CN(CC1CCCCN1)C1CCOc2ccccc21. The van der Waals surface area contributed by atoms with Gasteiger partial charge in [-0.1, -0.05) is 24.6 Å². The zero-order valence-electron chi connectivity index (χ0n) is 11.8. The van der Waals surface area contributed by atoms with Crippen molar-refractivity contribution < 1.29 is 4.74 Å². The van der Waals surface area contributed by atoms with Gasteiger partial charge in [0.25, 0.3) is 0 Å². The zero-order valence-corrected chi connectivity index (χ0v) is 11.8. The van der Waals surface area contributed by atoms with E-state index < -0.39 is 0 Å². The number of likely N-dealkylation sites (N-methyl/N-ethyl adjacent to an activating group) is 1. The molecule has 19 heavy (non-hydrogen) atoms. The quantitative estimate of drug-likeness (QED) is 0.904. The topological polar surface area (TPSA) is 24.5 Å². The van der Waals surface area contributed by atoms with Gasteiger partial charge in [0.2, 0.25) is 0 Å². The molecule has 1 N–H and O–H groups in total. The minimum atomic E-state index is 0.508. The summed E-state index contributed by atoms with van der Waals surface area (Å²) in [7, 11) is 2.25. The van der Waals surface area contributed by atoms with Crippen LogP contribution in [0.2, 0.25) is 0 Å². The van der Waals surface area contributed by atoms with Crippen molar-refractivity contribution in [2.75, 3.05) is 26.7 Å². The van der Waals surface area contributed by atoms with Gasteiger partial charge in [-0.3, -0.25) is 4.90 Å². The van der Waals surface area contributed by atoms with Crippen LogP contribution in [0, 0.1) is 0 Å². The number of nitrogens with zero attached hydrogens (tertiary/aromatic N) is 1. The first-order chi connectivity index (χ1) is 9.34. The van der Waals surface area contributed by atoms with Crippen molar-refractivity contribution in [1.82, 2.24) is 10.2 Å². The largest absolute Gasteiger partial charge is 0.493 e. The second-order valence-electron chi connectivity index (χ2n) is 5.78. The number of benzene rings is 1. The van der Waals surface area contributed by atoms with Crippen molar-refractivity contribution in [3.05, 3.63) is 29.8 Å². The fourth-order valence-electron chi connectivity index (χ4n) is 3.34. The van der Waals surface area contributed by atoms with Crippen LogP contribution in [0.3, 0.4) is 0 Å². The fraction of sp³-hybridized carbons (Fsp3) is 0.625. The molecule has 0 radical (unpaired) electrons. The predicted octanol–water partition coefficient (Wildman–Crippen LogP) is 2.58. The summed E-state index contributed by atoms with van der Waals surface area (Å²) in [6.45, 7) is 3.16. The Kier molecular flexibility index (Phi) is 4.04. The van der Waals surface area contributed by atoms with Gasteiger partial charge in [0, 0.05) is 30.6 Å². The average Bonchev–Trinajstić information content (AvgIpc) is 2.47. The summed E-state index contributed by atoms with van der Waals surface area (Å²) < 4.78 is 5.75. The summed E-state index contributed by atoms with van der Waals surface area (Å²) in [4.78, 5) is 2.50. The van der Waals surface area contributed by atoms with Gasteiger partial charge in [0.1, 0.15) is 5.75 Å². The summed E-state index contributed by atoms with van der Waals surface area (Å²) in [5, 5.41) is 3.64. The van der Waals surface area contributed by atoms with Gasteiger partial charge in [-0.25, -0.2) is 0 Å². The van der Waals surface area contributed by atoms with E-state index >= 15 is 0 Å². The lowest BCUT2D eigenvalue weighted by Gasteiger charge is -2.36. The predicted molar refractivity (Wildman–Crippen MR) is 77.6 cm³/mol. The minimum Gasteiger partial charge on any atom is -0.493 e. The molecule has 1 aromatic rings. The molecule has 104 valence electrons. The van der Waals surface area contributed by atoms with E-state index in [9.17, 15) is 0 Å². The summed E-state index contributed by atoms with van der Waals surface area (Å²) in [5.41, 5.74) is 1.35. The molecule has 0 spiro atoms. The highest BCUT2D eigenvalue weighted by molar-refractivity contribution is 5.37. The molecule has 0 amide bonds. The third-order valence-electron chi connectivity index (χ3n) is 4.38. The molecular weight excluding hydrogens is 236 g/mol. The van der Waals surface area contributed by atoms with Crippen LogP contribution in [-0.2, 0) is 0 Å². The Morgan fingerprint density at radius 2 is 2.16 bits per heavy atom. The van der Waals surface area contributed by atoms with E-state index in [1.807, 2.05) is 0 Å². The number of para-hydroxylation sites is 1. The first kappa shape index (κ1) is 12.9. The van der Waals surface area contributed by atoms with Crippen LogP contribution in [0.4, 0.5) is 0 Å². The maximum atomic E-state index is 5.75. The van der Waals surface area contributed by atoms with Gasteiger partial charge in [-0.15, -0.1) is 0 Å². The lowest BCUT2D eigenvalue weighted by atomic mass is 9.97. The number of hydrogen-bond acceptors (Lipinski definition) is 3. The second kappa shape index (κ2) is 5.93. The second-order valence-corrected chi connectivity index (χ2v) is 5.78. The maximum absolute atomic E-state index is 5.75. The molecule has 2 heterocycles. The van der Waals surface area contributed by atoms with Crippen molar-refractivity contribution in [3.63, 3.8) is 0 Å². The summed E-state index contributed by atoms with van der Waals surface area (Å²) in [5.74, 6) is 1.07. The van der Waals surface area contributed by atoms with Gasteiger partial charge in [-0.2, -0.15) is 0 Å². The number of ether oxygens (including phenoxy) is 1. The minimum absolute atomic E-state index is 0.508. The number of nitrogens with one attached hydrogen (secondary N) is 1. The van der Waals surface area contributed by atoms with Gasteiger partial charge >= 0.3 is 0 Å². The molecule has 3 nitrogen and oxygen atoms in total. The van der Waals surface area contributed by atoms with E-state index in [4.69, 9.17) is 4.74 Å². The fourth-order valence-corrected chi connectivity index (χ4v) is 3.34. The molecule has 1 fully saturated rings. The van der Waals surface area contributed by atoms with Crippen molar-refractivity contribution in [2.24, 2.45) is 0 Å². The molecule has 2 atom stereocenters. The number of rotatable bonds is 3. The van der Waals surface area contributed by atoms with Crippen molar-refractivity contribution in [3.8, 4) is 5.75 Å². The van der Waals surface area contributed by atoms with Crippen LogP contribution in [-0.4, -0.2) is 37.7 Å². The van der Waals surface area contributed by atoms with Gasteiger partial charge in [0.15, 0.2) is 0 Å².